The molecule has 0 N–H and O–H groups in total. The predicted octanol–water partition coefficient (Wildman–Crippen LogP) is 1.50. The molecule has 136 valence electrons. The van der Waals surface area contributed by atoms with Crippen LogP contribution in [-0.4, -0.2) is 50.6 Å². The van der Waals surface area contributed by atoms with Crippen molar-refractivity contribution in [3.63, 3.8) is 0 Å². The number of aromatic nitrogens is 5. The molecule has 0 amide bonds. The fourth-order valence-corrected chi connectivity index (χ4v) is 3.36. The summed E-state index contributed by atoms with van der Waals surface area (Å²) in [6, 6.07) is 7.48. The van der Waals surface area contributed by atoms with Gasteiger partial charge in [0.05, 0.1) is 12.2 Å². The lowest BCUT2D eigenvalue weighted by molar-refractivity contribution is 0.497. The van der Waals surface area contributed by atoms with Crippen LogP contribution >= 0.6 is 0 Å². The minimum absolute atomic E-state index is 0.0524. The van der Waals surface area contributed by atoms with Crippen LogP contribution in [0.1, 0.15) is 25.6 Å². The van der Waals surface area contributed by atoms with Crippen LogP contribution in [0.15, 0.2) is 35.3 Å². The smallest absolute Gasteiger partial charge is 0.267 e. The molecule has 4 rings (SSSR count). The van der Waals surface area contributed by atoms with Gasteiger partial charge in [-0.25, -0.2) is 9.67 Å². The van der Waals surface area contributed by atoms with E-state index < -0.39 is 0 Å². The molecule has 3 aromatic heterocycles. The fraction of sp³-hybridized carbons (Fsp3) is 0.444. The van der Waals surface area contributed by atoms with E-state index in [2.05, 4.69) is 31.0 Å². The molecule has 1 fully saturated rings. The molecule has 4 heterocycles. The molecule has 8 nitrogen and oxygen atoms in total. The number of aryl methyl sites for hydroxylation is 1. The molecule has 0 spiro atoms. The highest BCUT2D eigenvalue weighted by molar-refractivity contribution is 5.52. The second-order valence-corrected chi connectivity index (χ2v) is 6.90. The lowest BCUT2D eigenvalue weighted by Gasteiger charge is -2.36. The molecule has 1 aliphatic rings. The van der Waals surface area contributed by atoms with Crippen LogP contribution in [-0.2, 0) is 0 Å². The number of nitrogens with zero attached hydrogens (tertiary/aromatic N) is 7. The molecular formula is C18H23N7O. The van der Waals surface area contributed by atoms with Crippen LogP contribution in [0, 0.1) is 6.92 Å². The highest BCUT2D eigenvalue weighted by atomic mass is 16.1. The maximum atomic E-state index is 11.9. The summed E-state index contributed by atoms with van der Waals surface area (Å²) in [5.74, 6) is 1.92. The van der Waals surface area contributed by atoms with Crippen molar-refractivity contribution in [2.75, 3.05) is 36.0 Å². The van der Waals surface area contributed by atoms with E-state index in [9.17, 15) is 4.79 Å². The summed E-state index contributed by atoms with van der Waals surface area (Å²) < 4.78 is 3.43. The molecule has 0 atom stereocenters. The molecule has 0 saturated carbocycles. The van der Waals surface area contributed by atoms with Crippen LogP contribution in [0.2, 0.25) is 0 Å². The van der Waals surface area contributed by atoms with Crippen LogP contribution in [0.5, 0.6) is 0 Å². The summed E-state index contributed by atoms with van der Waals surface area (Å²) in [6.45, 7) is 9.35. The van der Waals surface area contributed by atoms with Crippen molar-refractivity contribution in [2.24, 2.45) is 0 Å². The van der Waals surface area contributed by atoms with Gasteiger partial charge in [-0.3, -0.25) is 4.79 Å². The zero-order valence-corrected chi connectivity index (χ0v) is 15.3. The Morgan fingerprint density at radius 1 is 1.04 bits per heavy atom. The van der Waals surface area contributed by atoms with Crippen LogP contribution < -0.4 is 15.4 Å². The molecule has 3 aromatic rings. The minimum atomic E-state index is -0.0595. The van der Waals surface area contributed by atoms with Crippen molar-refractivity contribution < 1.29 is 0 Å². The summed E-state index contributed by atoms with van der Waals surface area (Å²) in [6.07, 6.45) is 1.78. The summed E-state index contributed by atoms with van der Waals surface area (Å²) in [5, 5.41) is 8.93. The van der Waals surface area contributed by atoms with Gasteiger partial charge in [0.1, 0.15) is 11.6 Å². The van der Waals surface area contributed by atoms with Crippen molar-refractivity contribution in [3.05, 3.63) is 46.5 Å². The largest absolute Gasteiger partial charge is 0.353 e. The van der Waals surface area contributed by atoms with Gasteiger partial charge in [0.2, 0.25) is 0 Å². The third-order valence-electron chi connectivity index (χ3n) is 4.70. The number of rotatable bonds is 3. The topological polar surface area (TPSA) is 71.6 Å². The van der Waals surface area contributed by atoms with E-state index in [-0.39, 0.29) is 11.6 Å². The van der Waals surface area contributed by atoms with Crippen molar-refractivity contribution in [2.45, 2.75) is 26.8 Å². The van der Waals surface area contributed by atoms with Gasteiger partial charge in [0, 0.05) is 50.1 Å². The van der Waals surface area contributed by atoms with Crippen molar-refractivity contribution >= 4 is 17.3 Å². The number of fused-ring (bicyclic) bond motifs is 1. The van der Waals surface area contributed by atoms with E-state index in [1.54, 1.807) is 16.9 Å². The van der Waals surface area contributed by atoms with Gasteiger partial charge < -0.3 is 9.80 Å². The van der Waals surface area contributed by atoms with Gasteiger partial charge in [-0.1, -0.05) is 0 Å². The zero-order chi connectivity index (χ0) is 18.3. The van der Waals surface area contributed by atoms with Crippen molar-refractivity contribution in [3.8, 4) is 0 Å². The van der Waals surface area contributed by atoms with E-state index in [0.717, 1.165) is 49.2 Å². The van der Waals surface area contributed by atoms with E-state index in [1.165, 1.54) is 0 Å². The first-order valence-corrected chi connectivity index (χ1v) is 8.94. The number of piperazine rings is 1. The van der Waals surface area contributed by atoms with Gasteiger partial charge in [0.25, 0.3) is 5.56 Å². The maximum Gasteiger partial charge on any atom is 0.267 e. The van der Waals surface area contributed by atoms with E-state index >= 15 is 0 Å². The monoisotopic (exact) mass is 353 g/mol. The first-order valence-electron chi connectivity index (χ1n) is 8.94. The Bertz CT molecular complexity index is 983. The molecular weight excluding hydrogens is 330 g/mol. The van der Waals surface area contributed by atoms with Gasteiger partial charge in [-0.05, 0) is 26.8 Å². The van der Waals surface area contributed by atoms with Gasteiger partial charge >= 0.3 is 0 Å². The number of hydrogen-bond acceptors (Lipinski definition) is 6. The highest BCUT2D eigenvalue weighted by Gasteiger charge is 2.21. The summed E-state index contributed by atoms with van der Waals surface area (Å²) in [4.78, 5) is 21.0. The highest BCUT2D eigenvalue weighted by Crippen LogP contribution is 2.20. The fourth-order valence-electron chi connectivity index (χ4n) is 3.36. The standard InChI is InChI=1S/C18H23N7O/c1-13(2)24-18(26)5-4-16(21-24)22-8-10-23(11-9-22)17-12-14(3)20-15-6-7-19-25(15)17/h4-7,12-13H,8-11H2,1-3H3. The molecule has 1 saturated heterocycles. The van der Waals surface area contributed by atoms with Crippen LogP contribution in [0.25, 0.3) is 5.65 Å². The first-order chi connectivity index (χ1) is 12.5. The maximum absolute atomic E-state index is 11.9. The Morgan fingerprint density at radius 2 is 1.77 bits per heavy atom. The Balaban J connectivity index is 1.55. The van der Waals surface area contributed by atoms with E-state index in [0.29, 0.717) is 0 Å². The SMILES string of the molecule is Cc1cc(N2CCN(c3ccc(=O)n(C(C)C)n3)CC2)n2nccc2n1. The summed E-state index contributed by atoms with van der Waals surface area (Å²) in [7, 11) is 0. The number of hydrogen-bond donors (Lipinski definition) is 0. The molecule has 1 aliphatic heterocycles. The molecule has 8 heteroatoms. The molecule has 0 aliphatic carbocycles. The minimum Gasteiger partial charge on any atom is -0.353 e. The average molecular weight is 353 g/mol. The second-order valence-electron chi connectivity index (χ2n) is 6.90. The Morgan fingerprint density at radius 3 is 2.50 bits per heavy atom. The van der Waals surface area contributed by atoms with Crippen LogP contribution in [0.3, 0.4) is 0 Å². The van der Waals surface area contributed by atoms with Gasteiger partial charge in [0.15, 0.2) is 5.65 Å². The van der Waals surface area contributed by atoms with E-state index in [4.69, 9.17) is 0 Å². The molecule has 0 radical (unpaired) electrons. The quantitative estimate of drug-likeness (QED) is 0.711. The lowest BCUT2D eigenvalue weighted by atomic mass is 10.3. The van der Waals surface area contributed by atoms with Crippen molar-refractivity contribution in [1.82, 2.24) is 24.4 Å². The molecule has 26 heavy (non-hydrogen) atoms. The molecule has 0 aromatic carbocycles. The molecule has 0 unspecified atom stereocenters. The lowest BCUT2D eigenvalue weighted by Crippen LogP contribution is -2.48. The Labute approximate surface area is 151 Å². The summed E-state index contributed by atoms with van der Waals surface area (Å²) >= 11 is 0. The summed E-state index contributed by atoms with van der Waals surface area (Å²) in [5.41, 5.74) is 1.80. The van der Waals surface area contributed by atoms with Crippen molar-refractivity contribution in [1.29, 1.82) is 0 Å². The van der Waals surface area contributed by atoms with Gasteiger partial charge in [-0.2, -0.15) is 14.7 Å². The van der Waals surface area contributed by atoms with Crippen LogP contribution in [0.4, 0.5) is 11.6 Å². The van der Waals surface area contributed by atoms with E-state index in [1.807, 2.05) is 37.4 Å². The third kappa shape index (κ3) is 2.91. The average Bonchev–Trinajstić information content (AvgIpc) is 3.09. The Hall–Kier alpha value is -2.90. The van der Waals surface area contributed by atoms with Gasteiger partial charge in [-0.15, -0.1) is 0 Å². The Kier molecular flexibility index (Phi) is 4.10. The normalized spacial score (nSPS) is 15.2. The zero-order valence-electron chi connectivity index (χ0n) is 15.3. The molecule has 0 bridgehead atoms. The second kappa shape index (κ2) is 6.44. The predicted molar refractivity (Wildman–Crippen MR) is 101 cm³/mol. The first kappa shape index (κ1) is 16.6. The number of anilines is 2. The third-order valence-corrected chi connectivity index (χ3v) is 4.70.